The summed E-state index contributed by atoms with van der Waals surface area (Å²) in [5.74, 6) is 4.08. The molecule has 0 N–H and O–H groups in total. The van der Waals surface area contributed by atoms with Gasteiger partial charge in [-0.1, -0.05) is 72.5 Å². The topological polar surface area (TPSA) is 43.4 Å². The molecule has 4 aliphatic carbocycles. The van der Waals surface area contributed by atoms with Crippen LogP contribution in [0.3, 0.4) is 0 Å². The maximum absolute atomic E-state index is 11.7. The Morgan fingerprint density at radius 3 is 2.36 bits per heavy atom. The molecule has 33 heavy (non-hydrogen) atoms. The molecule has 0 aromatic carbocycles. The highest BCUT2D eigenvalue weighted by atomic mass is 32.2. The first-order valence-electron chi connectivity index (χ1n) is 13.9. The number of hydrogen-bond acceptors (Lipinski definition) is 3. The van der Waals surface area contributed by atoms with Crippen molar-refractivity contribution in [2.75, 3.05) is 6.26 Å². The van der Waals surface area contributed by atoms with Gasteiger partial charge in [0, 0.05) is 0 Å². The molecular weight excluding hydrogens is 428 g/mol. The van der Waals surface area contributed by atoms with Gasteiger partial charge in [-0.3, -0.25) is 4.18 Å². The minimum Gasteiger partial charge on any atom is -0.267 e. The van der Waals surface area contributed by atoms with E-state index < -0.39 is 10.1 Å². The maximum atomic E-state index is 11.7. The van der Waals surface area contributed by atoms with E-state index in [4.69, 9.17) is 4.18 Å². The van der Waals surface area contributed by atoms with Gasteiger partial charge in [0.2, 0.25) is 0 Å². The molecule has 190 valence electrons. The Labute approximate surface area is 204 Å². The molecule has 4 rings (SSSR count). The van der Waals surface area contributed by atoms with Crippen molar-refractivity contribution in [2.45, 2.75) is 118 Å². The van der Waals surface area contributed by atoms with E-state index in [1.54, 1.807) is 0 Å². The van der Waals surface area contributed by atoms with Crippen LogP contribution in [-0.2, 0) is 14.3 Å². The highest BCUT2D eigenvalue weighted by molar-refractivity contribution is 7.86. The van der Waals surface area contributed by atoms with Gasteiger partial charge in [0.05, 0.1) is 12.4 Å². The summed E-state index contributed by atoms with van der Waals surface area (Å²) in [7, 11) is -3.39. The van der Waals surface area contributed by atoms with Gasteiger partial charge in [0.1, 0.15) is 0 Å². The molecule has 3 saturated carbocycles. The standard InChI is InChI=1S/C29H50O3S/c1-20(2)9-8-10-21(3)24-11-12-25-28(24,5)18-15-26-27(4)17-14-23(32-33(7,30)31)19-22(27)13-16-29(25,26)6/h13,20-21,23-26H,8-12,14-19H2,1-7H3/t21-,23?,24-,25-,26-,27+,28-,29+/m1/s1. The molecule has 1 unspecified atom stereocenters. The lowest BCUT2D eigenvalue weighted by molar-refractivity contribution is -0.113. The number of hydrogen-bond donors (Lipinski definition) is 0. The van der Waals surface area contributed by atoms with Crippen molar-refractivity contribution in [2.24, 2.45) is 45.8 Å². The van der Waals surface area contributed by atoms with Crippen LogP contribution in [0.5, 0.6) is 0 Å². The molecule has 3 fully saturated rings. The van der Waals surface area contributed by atoms with Gasteiger partial charge in [-0.25, -0.2) is 0 Å². The van der Waals surface area contributed by atoms with Crippen LogP contribution in [-0.4, -0.2) is 20.8 Å². The van der Waals surface area contributed by atoms with E-state index in [0.717, 1.165) is 48.9 Å². The van der Waals surface area contributed by atoms with Crippen LogP contribution >= 0.6 is 0 Å². The SMILES string of the molecule is CC(C)CCC[C@@H](C)[C@H]1CC[C@@H]2[C@]1(C)CC[C@H]1[C@@]2(C)CC=C2CC(OS(C)(=O)=O)CC[C@@]21C. The summed E-state index contributed by atoms with van der Waals surface area (Å²) < 4.78 is 28.9. The Balaban J connectivity index is 1.52. The van der Waals surface area contributed by atoms with Crippen LogP contribution in [0.2, 0.25) is 0 Å². The minimum absolute atomic E-state index is 0.167. The second kappa shape index (κ2) is 8.95. The van der Waals surface area contributed by atoms with Crippen LogP contribution < -0.4 is 0 Å². The van der Waals surface area contributed by atoms with Crippen molar-refractivity contribution in [3.8, 4) is 0 Å². The molecule has 0 spiro atoms. The van der Waals surface area contributed by atoms with Crippen LogP contribution in [0.1, 0.15) is 112 Å². The predicted molar refractivity (Wildman–Crippen MR) is 137 cm³/mol. The summed E-state index contributed by atoms with van der Waals surface area (Å²) in [5, 5.41) is 0. The third kappa shape index (κ3) is 4.61. The lowest BCUT2D eigenvalue weighted by Gasteiger charge is -2.63. The van der Waals surface area contributed by atoms with Crippen molar-refractivity contribution in [1.29, 1.82) is 0 Å². The Morgan fingerprint density at radius 1 is 0.970 bits per heavy atom. The largest absolute Gasteiger partial charge is 0.267 e. The first kappa shape index (κ1) is 25.7. The van der Waals surface area contributed by atoms with Gasteiger partial charge in [0.25, 0.3) is 10.1 Å². The monoisotopic (exact) mass is 478 g/mol. The Kier molecular flexibility index (Phi) is 6.98. The van der Waals surface area contributed by atoms with Gasteiger partial charge in [-0.2, -0.15) is 8.42 Å². The molecule has 0 radical (unpaired) electrons. The summed E-state index contributed by atoms with van der Waals surface area (Å²) in [4.78, 5) is 0. The molecule has 0 aromatic heterocycles. The van der Waals surface area contributed by atoms with E-state index in [2.05, 4.69) is 47.6 Å². The Morgan fingerprint density at radius 2 is 1.70 bits per heavy atom. The Hall–Kier alpha value is -0.350. The zero-order valence-electron chi connectivity index (χ0n) is 22.5. The zero-order chi connectivity index (χ0) is 24.2. The molecule has 4 heteroatoms. The normalized spacial score (nSPS) is 44.1. The average molecular weight is 479 g/mol. The van der Waals surface area contributed by atoms with Crippen LogP contribution in [0.15, 0.2) is 11.6 Å². The highest BCUT2D eigenvalue weighted by Gasteiger charge is 2.64. The lowest BCUT2D eigenvalue weighted by Crippen LogP contribution is -2.56. The minimum atomic E-state index is -3.39. The molecule has 0 aromatic rings. The van der Waals surface area contributed by atoms with E-state index >= 15 is 0 Å². The molecule has 0 bridgehead atoms. The third-order valence-electron chi connectivity index (χ3n) is 11.1. The van der Waals surface area contributed by atoms with Gasteiger partial charge in [-0.15, -0.1) is 0 Å². The highest BCUT2D eigenvalue weighted by Crippen LogP contribution is 2.72. The quantitative estimate of drug-likeness (QED) is 0.277. The van der Waals surface area contributed by atoms with E-state index in [0.29, 0.717) is 10.8 Å². The average Bonchev–Trinajstić information content (AvgIpc) is 3.05. The molecule has 0 aliphatic heterocycles. The molecule has 4 aliphatic rings. The summed E-state index contributed by atoms with van der Waals surface area (Å²) >= 11 is 0. The second-order valence-electron chi connectivity index (χ2n) is 13.7. The fourth-order valence-corrected chi connectivity index (χ4v) is 10.3. The van der Waals surface area contributed by atoms with E-state index in [1.165, 1.54) is 63.2 Å². The molecule has 3 nitrogen and oxygen atoms in total. The first-order valence-corrected chi connectivity index (χ1v) is 15.7. The number of allylic oxidation sites excluding steroid dienone is 1. The van der Waals surface area contributed by atoms with Crippen LogP contribution in [0, 0.1) is 45.8 Å². The van der Waals surface area contributed by atoms with Crippen molar-refractivity contribution < 1.29 is 12.6 Å². The van der Waals surface area contributed by atoms with Crippen molar-refractivity contribution in [1.82, 2.24) is 0 Å². The smallest absolute Gasteiger partial charge is 0.264 e. The predicted octanol–water partition coefficient (Wildman–Crippen LogP) is 7.76. The van der Waals surface area contributed by atoms with Crippen molar-refractivity contribution >= 4 is 10.1 Å². The van der Waals surface area contributed by atoms with Gasteiger partial charge in [-0.05, 0) is 97.2 Å². The number of fused-ring (bicyclic) bond motifs is 5. The lowest BCUT2D eigenvalue weighted by atomic mass is 9.41. The van der Waals surface area contributed by atoms with Crippen molar-refractivity contribution in [3.05, 3.63) is 11.6 Å². The molecule has 0 amide bonds. The summed E-state index contributed by atoms with van der Waals surface area (Å²) in [5.41, 5.74) is 2.57. The van der Waals surface area contributed by atoms with E-state index in [1.807, 2.05) is 0 Å². The molecular formula is C29H50O3S. The molecule has 8 atom stereocenters. The maximum Gasteiger partial charge on any atom is 0.264 e. The fourth-order valence-electron chi connectivity index (χ4n) is 9.64. The van der Waals surface area contributed by atoms with Crippen LogP contribution in [0.4, 0.5) is 0 Å². The summed E-state index contributed by atoms with van der Waals surface area (Å²) in [6.07, 6.45) is 17.1. The summed E-state index contributed by atoms with van der Waals surface area (Å²) in [6, 6.07) is 0. The zero-order valence-corrected chi connectivity index (χ0v) is 23.3. The van der Waals surface area contributed by atoms with E-state index in [-0.39, 0.29) is 11.5 Å². The third-order valence-corrected chi connectivity index (χ3v) is 11.8. The van der Waals surface area contributed by atoms with Gasteiger partial charge >= 0.3 is 0 Å². The first-order chi connectivity index (χ1) is 15.3. The molecule has 0 heterocycles. The van der Waals surface area contributed by atoms with Crippen molar-refractivity contribution in [3.63, 3.8) is 0 Å². The number of rotatable bonds is 7. The van der Waals surface area contributed by atoms with Crippen LogP contribution in [0.25, 0.3) is 0 Å². The second-order valence-corrected chi connectivity index (χ2v) is 15.3. The molecule has 0 saturated heterocycles. The summed E-state index contributed by atoms with van der Waals surface area (Å²) in [6.45, 7) is 15.0. The van der Waals surface area contributed by atoms with E-state index in [9.17, 15) is 8.42 Å². The van der Waals surface area contributed by atoms with Gasteiger partial charge in [0.15, 0.2) is 0 Å². The fraction of sp³-hybridized carbons (Fsp3) is 0.931. The Bertz CT molecular complexity index is 860. The van der Waals surface area contributed by atoms with Gasteiger partial charge < -0.3 is 0 Å².